The second-order valence-electron chi connectivity index (χ2n) is 10.4. The Morgan fingerprint density at radius 2 is 1.70 bits per heavy atom. The van der Waals surface area contributed by atoms with E-state index < -0.39 is 0 Å². The molecule has 1 aliphatic heterocycles. The van der Waals surface area contributed by atoms with Crippen LogP contribution in [0.25, 0.3) is 0 Å². The third-order valence-electron chi connectivity index (χ3n) is 6.97. The zero-order chi connectivity index (χ0) is 26.6. The molecule has 0 saturated carbocycles. The van der Waals surface area contributed by atoms with Gasteiger partial charge in [0.15, 0.2) is 0 Å². The molecule has 0 fully saturated rings. The van der Waals surface area contributed by atoms with Crippen LogP contribution in [0.15, 0.2) is 66.9 Å². The van der Waals surface area contributed by atoms with Crippen molar-refractivity contribution in [3.05, 3.63) is 89.2 Å². The Kier molecular flexibility index (Phi) is 8.03. The Morgan fingerprint density at radius 1 is 0.973 bits per heavy atom. The molecule has 0 unspecified atom stereocenters. The van der Waals surface area contributed by atoms with E-state index in [0.717, 1.165) is 22.6 Å². The average Bonchev–Trinajstić information content (AvgIpc) is 3.38. The second-order valence-corrected chi connectivity index (χ2v) is 10.4. The van der Waals surface area contributed by atoms with E-state index in [-0.39, 0.29) is 29.8 Å². The Labute approximate surface area is 219 Å². The third kappa shape index (κ3) is 5.72. The van der Waals surface area contributed by atoms with Crippen LogP contribution in [0.1, 0.15) is 54.0 Å². The topological polar surface area (TPSA) is 64.0 Å². The molecule has 0 spiro atoms. The van der Waals surface area contributed by atoms with E-state index in [1.165, 1.54) is 0 Å². The molecule has 0 bridgehead atoms. The molecule has 196 valence electrons. The van der Waals surface area contributed by atoms with Crippen molar-refractivity contribution in [1.82, 2.24) is 14.4 Å². The first kappa shape index (κ1) is 26.5. The summed E-state index contributed by atoms with van der Waals surface area (Å²) in [6, 6.07) is 19.2. The summed E-state index contributed by atoms with van der Waals surface area (Å²) in [5, 5.41) is 0. The van der Waals surface area contributed by atoms with Gasteiger partial charge in [0.1, 0.15) is 18.3 Å². The number of para-hydroxylation sites is 1. The van der Waals surface area contributed by atoms with Gasteiger partial charge in [-0.2, -0.15) is 0 Å². The van der Waals surface area contributed by atoms with E-state index in [2.05, 4.69) is 25.3 Å². The summed E-state index contributed by atoms with van der Waals surface area (Å²) in [4.78, 5) is 30.8. The van der Waals surface area contributed by atoms with Crippen LogP contribution in [0.2, 0.25) is 0 Å². The molecular weight excluding hydrogens is 466 g/mol. The summed E-state index contributed by atoms with van der Waals surface area (Å²) in [5.41, 5.74) is 3.65. The van der Waals surface area contributed by atoms with Gasteiger partial charge in [-0.1, -0.05) is 51.1 Å². The van der Waals surface area contributed by atoms with Crippen molar-refractivity contribution in [1.29, 1.82) is 0 Å². The fourth-order valence-corrected chi connectivity index (χ4v) is 4.87. The minimum atomic E-state index is -0.308. The standard InChI is InChI=1S/C30H37N3O4/c1-30(2,3)23-14-12-22(13-15-23)29(35)32(19-20-36-4)21-27(34)33-18-17-31-16-8-10-25(31)28(33)24-9-6-7-11-26(24)37-5/h6-16,28H,17-21H2,1-5H3/t28-/m0/s1. The number of nitrogens with zero attached hydrogens (tertiary/aromatic N) is 3. The number of carbonyl (C=O) groups excluding carboxylic acids is 2. The number of methoxy groups -OCH3 is 2. The highest BCUT2D eigenvalue weighted by Gasteiger charge is 2.35. The Hall–Kier alpha value is -3.58. The Bertz CT molecular complexity index is 1230. The largest absolute Gasteiger partial charge is 0.496 e. The molecule has 0 radical (unpaired) electrons. The molecular formula is C30H37N3O4. The van der Waals surface area contributed by atoms with Gasteiger partial charge in [-0.15, -0.1) is 0 Å². The molecule has 7 heteroatoms. The number of hydrogen-bond donors (Lipinski definition) is 0. The van der Waals surface area contributed by atoms with E-state index in [0.29, 0.717) is 31.8 Å². The predicted octanol–water partition coefficient (Wildman–Crippen LogP) is 4.51. The lowest BCUT2D eigenvalue weighted by atomic mass is 9.86. The lowest BCUT2D eigenvalue weighted by Crippen LogP contribution is -2.48. The van der Waals surface area contributed by atoms with Crippen LogP contribution in [0.3, 0.4) is 0 Å². The molecule has 0 N–H and O–H groups in total. The van der Waals surface area contributed by atoms with E-state index in [4.69, 9.17) is 9.47 Å². The number of amides is 2. The number of hydrogen-bond acceptors (Lipinski definition) is 4. The summed E-state index contributed by atoms with van der Waals surface area (Å²) < 4.78 is 13.1. The highest BCUT2D eigenvalue weighted by Crippen LogP contribution is 2.37. The minimum absolute atomic E-state index is 0.00723. The molecule has 2 aromatic carbocycles. The van der Waals surface area contributed by atoms with Crippen LogP contribution in [0.5, 0.6) is 5.75 Å². The van der Waals surface area contributed by atoms with Gasteiger partial charge >= 0.3 is 0 Å². The first-order chi connectivity index (χ1) is 17.7. The van der Waals surface area contributed by atoms with E-state index in [1.807, 2.05) is 71.8 Å². The summed E-state index contributed by atoms with van der Waals surface area (Å²) >= 11 is 0. The lowest BCUT2D eigenvalue weighted by Gasteiger charge is -2.39. The van der Waals surface area contributed by atoms with Gasteiger partial charge in [-0.05, 0) is 41.3 Å². The van der Waals surface area contributed by atoms with Crippen molar-refractivity contribution in [2.24, 2.45) is 0 Å². The molecule has 2 heterocycles. The Balaban J connectivity index is 1.61. The maximum absolute atomic E-state index is 13.8. The molecule has 1 aromatic heterocycles. The van der Waals surface area contributed by atoms with Crippen LogP contribution < -0.4 is 4.74 Å². The average molecular weight is 504 g/mol. The molecule has 2 amide bonds. The van der Waals surface area contributed by atoms with Gasteiger partial charge in [0, 0.05) is 49.8 Å². The number of benzene rings is 2. The van der Waals surface area contributed by atoms with E-state index >= 15 is 0 Å². The van der Waals surface area contributed by atoms with Crippen LogP contribution in [0, 0.1) is 0 Å². The van der Waals surface area contributed by atoms with Crippen LogP contribution in [0.4, 0.5) is 0 Å². The number of carbonyl (C=O) groups is 2. The van der Waals surface area contributed by atoms with Gasteiger partial charge in [-0.25, -0.2) is 0 Å². The van der Waals surface area contributed by atoms with E-state index in [9.17, 15) is 9.59 Å². The molecule has 0 aliphatic carbocycles. The van der Waals surface area contributed by atoms with Crippen molar-refractivity contribution < 1.29 is 19.1 Å². The monoisotopic (exact) mass is 503 g/mol. The van der Waals surface area contributed by atoms with Gasteiger partial charge in [0.05, 0.1) is 13.7 Å². The normalized spacial score (nSPS) is 15.3. The number of ether oxygens (including phenoxy) is 2. The molecule has 7 nitrogen and oxygen atoms in total. The second kappa shape index (κ2) is 11.2. The van der Waals surface area contributed by atoms with Crippen molar-refractivity contribution in [2.45, 2.75) is 38.8 Å². The predicted molar refractivity (Wildman–Crippen MR) is 144 cm³/mol. The quantitative estimate of drug-likeness (QED) is 0.454. The Morgan fingerprint density at radius 3 is 2.38 bits per heavy atom. The molecule has 3 aromatic rings. The van der Waals surface area contributed by atoms with Crippen molar-refractivity contribution >= 4 is 11.8 Å². The number of fused-ring (bicyclic) bond motifs is 1. The molecule has 1 atom stereocenters. The first-order valence-electron chi connectivity index (χ1n) is 12.7. The maximum atomic E-state index is 13.8. The smallest absolute Gasteiger partial charge is 0.254 e. The third-order valence-corrected chi connectivity index (χ3v) is 6.97. The first-order valence-corrected chi connectivity index (χ1v) is 12.7. The van der Waals surface area contributed by atoms with E-state index in [1.54, 1.807) is 19.1 Å². The van der Waals surface area contributed by atoms with Crippen LogP contribution in [-0.2, 0) is 21.5 Å². The number of aromatic nitrogens is 1. The summed E-state index contributed by atoms with van der Waals surface area (Å²) in [6.07, 6.45) is 2.04. The lowest BCUT2D eigenvalue weighted by molar-refractivity contribution is -0.134. The fraction of sp³-hybridized carbons (Fsp3) is 0.400. The molecule has 37 heavy (non-hydrogen) atoms. The van der Waals surface area contributed by atoms with Crippen LogP contribution >= 0.6 is 0 Å². The summed E-state index contributed by atoms with van der Waals surface area (Å²) in [5.74, 6) is 0.436. The van der Waals surface area contributed by atoms with Gasteiger partial charge in [0.2, 0.25) is 5.91 Å². The molecule has 1 aliphatic rings. The van der Waals surface area contributed by atoms with Gasteiger partial charge in [0.25, 0.3) is 5.91 Å². The van der Waals surface area contributed by atoms with Crippen molar-refractivity contribution in [3.63, 3.8) is 0 Å². The number of rotatable bonds is 8. The van der Waals surface area contributed by atoms with Gasteiger partial charge in [-0.3, -0.25) is 9.59 Å². The fourth-order valence-electron chi connectivity index (χ4n) is 4.87. The van der Waals surface area contributed by atoms with Crippen molar-refractivity contribution in [2.75, 3.05) is 40.5 Å². The summed E-state index contributed by atoms with van der Waals surface area (Å²) in [6.45, 7) is 8.29. The zero-order valence-electron chi connectivity index (χ0n) is 22.4. The van der Waals surface area contributed by atoms with Crippen LogP contribution in [-0.4, -0.2) is 66.6 Å². The highest BCUT2D eigenvalue weighted by molar-refractivity contribution is 5.96. The SMILES string of the molecule is COCCN(CC(=O)N1CCn2cccc2[C@@H]1c1ccccc1OC)C(=O)c1ccc(C(C)(C)C)cc1. The molecule has 0 saturated heterocycles. The summed E-state index contributed by atoms with van der Waals surface area (Å²) in [7, 11) is 3.24. The maximum Gasteiger partial charge on any atom is 0.254 e. The van der Waals surface area contributed by atoms with Gasteiger partial charge < -0.3 is 23.8 Å². The van der Waals surface area contributed by atoms with Crippen molar-refractivity contribution in [3.8, 4) is 5.75 Å². The zero-order valence-corrected chi connectivity index (χ0v) is 22.4. The molecule has 4 rings (SSSR count). The minimum Gasteiger partial charge on any atom is -0.496 e. The highest BCUT2D eigenvalue weighted by atomic mass is 16.5.